The lowest BCUT2D eigenvalue weighted by atomic mass is 9.95. The van der Waals surface area contributed by atoms with Gasteiger partial charge in [-0.3, -0.25) is 13.9 Å². The van der Waals surface area contributed by atoms with E-state index in [-0.39, 0.29) is 54.5 Å². The van der Waals surface area contributed by atoms with Crippen molar-refractivity contribution in [3.8, 4) is 0 Å². The molecule has 2 aromatic carbocycles. The quantitative estimate of drug-likeness (QED) is 0.368. The number of benzene rings is 2. The van der Waals surface area contributed by atoms with Gasteiger partial charge in [0.25, 0.3) is 0 Å². The smallest absolute Gasteiger partial charge is 0.242 e. The monoisotopic (exact) mass is 581 g/mol. The maximum absolute atomic E-state index is 13.5. The topological polar surface area (TPSA) is 86.8 Å². The molecule has 38 heavy (non-hydrogen) atoms. The van der Waals surface area contributed by atoms with Gasteiger partial charge in [-0.15, -0.1) is 0 Å². The molecular weight excluding hydrogens is 545 g/mol. The van der Waals surface area contributed by atoms with Crippen LogP contribution in [0, 0.1) is 6.92 Å². The fourth-order valence-corrected chi connectivity index (χ4v) is 6.22. The van der Waals surface area contributed by atoms with Crippen LogP contribution in [-0.4, -0.2) is 50.0 Å². The van der Waals surface area contributed by atoms with Gasteiger partial charge in [-0.25, -0.2) is 8.42 Å². The van der Waals surface area contributed by atoms with Gasteiger partial charge < -0.3 is 10.2 Å². The van der Waals surface area contributed by atoms with E-state index in [9.17, 15) is 18.0 Å². The molecule has 1 atom stereocenters. The highest BCUT2D eigenvalue weighted by atomic mass is 35.5. The van der Waals surface area contributed by atoms with Gasteiger partial charge in [0.05, 0.1) is 17.0 Å². The predicted octanol–water partition coefficient (Wildman–Crippen LogP) is 5.71. The van der Waals surface area contributed by atoms with Gasteiger partial charge in [-0.2, -0.15) is 0 Å². The van der Waals surface area contributed by atoms with Crippen molar-refractivity contribution in [1.82, 2.24) is 10.2 Å². The van der Waals surface area contributed by atoms with E-state index in [1.54, 1.807) is 24.0 Å². The van der Waals surface area contributed by atoms with Crippen molar-refractivity contribution in [2.75, 3.05) is 17.1 Å². The summed E-state index contributed by atoms with van der Waals surface area (Å²) in [4.78, 5) is 28.2. The van der Waals surface area contributed by atoms with Crippen LogP contribution in [-0.2, 0) is 26.2 Å². The number of amides is 2. The molecule has 0 bridgehead atoms. The zero-order valence-electron chi connectivity index (χ0n) is 22.3. The van der Waals surface area contributed by atoms with E-state index >= 15 is 0 Å². The molecule has 0 heterocycles. The second-order valence-corrected chi connectivity index (χ2v) is 12.8. The number of nitrogens with one attached hydrogen (secondary N) is 1. The Kier molecular flexibility index (Phi) is 10.9. The molecule has 7 nitrogen and oxygen atoms in total. The molecule has 0 spiro atoms. The summed E-state index contributed by atoms with van der Waals surface area (Å²) in [6.07, 6.45) is 6.69. The van der Waals surface area contributed by atoms with Crippen molar-refractivity contribution >= 4 is 50.7 Å². The maximum atomic E-state index is 13.5. The lowest BCUT2D eigenvalue weighted by molar-refractivity contribution is -0.141. The Morgan fingerprint density at radius 2 is 1.79 bits per heavy atom. The van der Waals surface area contributed by atoms with Crippen LogP contribution in [0.15, 0.2) is 42.5 Å². The van der Waals surface area contributed by atoms with Crippen LogP contribution in [0.2, 0.25) is 10.0 Å². The van der Waals surface area contributed by atoms with E-state index in [2.05, 4.69) is 5.32 Å². The zero-order valence-corrected chi connectivity index (χ0v) is 24.6. The Hall–Kier alpha value is -2.29. The largest absolute Gasteiger partial charge is 0.352 e. The molecule has 1 aliphatic rings. The summed E-state index contributed by atoms with van der Waals surface area (Å²) in [6.45, 7) is 4.07. The SMILES string of the molecule is Cc1cccc(CN(C(=O)CCCN(c2cc(Cl)ccc2Cl)S(C)(=O)=O)C(C)C(=O)NC2CCCCC2)c1. The molecule has 1 aliphatic carbocycles. The first-order chi connectivity index (χ1) is 18.0. The molecule has 1 saturated carbocycles. The predicted molar refractivity (Wildman–Crippen MR) is 154 cm³/mol. The number of nitrogens with zero attached hydrogens (tertiary/aromatic N) is 2. The first-order valence-corrected chi connectivity index (χ1v) is 15.6. The van der Waals surface area contributed by atoms with Crippen LogP contribution in [0.1, 0.15) is 63.0 Å². The lowest BCUT2D eigenvalue weighted by Crippen LogP contribution is -2.50. The highest BCUT2D eigenvalue weighted by molar-refractivity contribution is 7.92. The van der Waals surface area contributed by atoms with E-state index in [0.717, 1.165) is 43.1 Å². The zero-order chi connectivity index (χ0) is 27.9. The summed E-state index contributed by atoms with van der Waals surface area (Å²) >= 11 is 12.3. The number of carbonyl (C=O) groups is 2. The van der Waals surface area contributed by atoms with Crippen LogP contribution in [0.5, 0.6) is 0 Å². The maximum Gasteiger partial charge on any atom is 0.242 e. The number of sulfonamides is 1. The molecule has 208 valence electrons. The van der Waals surface area contributed by atoms with E-state index in [1.165, 1.54) is 16.8 Å². The molecule has 10 heteroatoms. The Labute approximate surface area is 236 Å². The average Bonchev–Trinajstić information content (AvgIpc) is 2.86. The molecule has 0 aliphatic heterocycles. The fraction of sp³-hybridized carbons (Fsp3) is 0.500. The molecule has 1 fully saturated rings. The fourth-order valence-electron chi connectivity index (χ4n) is 4.82. The van der Waals surface area contributed by atoms with E-state index in [1.807, 2.05) is 31.2 Å². The van der Waals surface area contributed by atoms with Crippen molar-refractivity contribution in [1.29, 1.82) is 0 Å². The van der Waals surface area contributed by atoms with E-state index < -0.39 is 16.1 Å². The van der Waals surface area contributed by atoms with Gasteiger partial charge in [0.2, 0.25) is 21.8 Å². The normalized spacial score (nSPS) is 15.1. The lowest BCUT2D eigenvalue weighted by Gasteiger charge is -2.31. The summed E-state index contributed by atoms with van der Waals surface area (Å²) in [5, 5.41) is 3.74. The first-order valence-electron chi connectivity index (χ1n) is 13.0. The standard InChI is InChI=1S/C28H37Cl2N3O4S/c1-20-9-7-10-22(17-20)19-32(21(2)28(35)31-24-11-5-4-6-12-24)27(34)13-8-16-33(38(3,36)37)26-18-23(29)14-15-25(26)30/h7,9-10,14-15,17-18,21,24H,4-6,8,11-13,16,19H2,1-3H3,(H,31,35). The van der Waals surface area contributed by atoms with Crippen LogP contribution in [0.25, 0.3) is 0 Å². The van der Waals surface area contributed by atoms with Crippen molar-refractivity contribution in [2.24, 2.45) is 0 Å². The van der Waals surface area contributed by atoms with Crippen LogP contribution >= 0.6 is 23.2 Å². The third-order valence-corrected chi connectivity index (χ3v) is 8.62. The molecule has 2 aromatic rings. The Morgan fingerprint density at radius 1 is 1.08 bits per heavy atom. The number of halogens is 2. The Morgan fingerprint density at radius 3 is 2.45 bits per heavy atom. The molecule has 0 aromatic heterocycles. The molecular formula is C28H37Cl2N3O4S. The summed E-state index contributed by atoms with van der Waals surface area (Å²) in [7, 11) is -3.67. The van der Waals surface area contributed by atoms with Crippen molar-refractivity contribution < 1.29 is 18.0 Å². The Balaban J connectivity index is 1.74. The minimum Gasteiger partial charge on any atom is -0.352 e. The van der Waals surface area contributed by atoms with Gasteiger partial charge in [0, 0.05) is 30.6 Å². The average molecular weight is 583 g/mol. The third-order valence-electron chi connectivity index (χ3n) is 6.88. The van der Waals surface area contributed by atoms with Gasteiger partial charge in [-0.1, -0.05) is 72.3 Å². The van der Waals surface area contributed by atoms with Crippen molar-refractivity contribution in [3.63, 3.8) is 0 Å². The van der Waals surface area contributed by atoms with Crippen LogP contribution in [0.3, 0.4) is 0 Å². The van der Waals surface area contributed by atoms with Crippen LogP contribution < -0.4 is 9.62 Å². The van der Waals surface area contributed by atoms with Crippen molar-refractivity contribution in [2.45, 2.75) is 77.4 Å². The van der Waals surface area contributed by atoms with E-state index in [0.29, 0.717) is 5.02 Å². The number of hydrogen-bond donors (Lipinski definition) is 1. The van der Waals surface area contributed by atoms with E-state index in [4.69, 9.17) is 23.2 Å². The van der Waals surface area contributed by atoms with Gasteiger partial charge in [0.15, 0.2) is 0 Å². The van der Waals surface area contributed by atoms with Gasteiger partial charge in [-0.05, 0) is 56.9 Å². The van der Waals surface area contributed by atoms with Crippen molar-refractivity contribution in [3.05, 3.63) is 63.6 Å². The minimum absolute atomic E-state index is 0.0472. The molecule has 2 amide bonds. The Bertz CT molecular complexity index is 1230. The summed E-state index contributed by atoms with van der Waals surface area (Å²) < 4.78 is 26.2. The van der Waals surface area contributed by atoms with Gasteiger partial charge in [0.1, 0.15) is 6.04 Å². The summed E-state index contributed by atoms with van der Waals surface area (Å²) in [6, 6.07) is 11.9. The number of hydrogen-bond acceptors (Lipinski definition) is 4. The number of rotatable bonds is 11. The molecule has 3 rings (SSSR count). The highest BCUT2D eigenvalue weighted by Gasteiger charge is 2.28. The summed E-state index contributed by atoms with van der Waals surface area (Å²) in [5.41, 5.74) is 2.27. The number of aryl methyl sites for hydroxylation is 1. The first kappa shape index (κ1) is 30.3. The van der Waals surface area contributed by atoms with Crippen LogP contribution in [0.4, 0.5) is 5.69 Å². The summed E-state index contributed by atoms with van der Waals surface area (Å²) in [5.74, 6) is -0.384. The van der Waals surface area contributed by atoms with Gasteiger partial charge >= 0.3 is 0 Å². The second-order valence-electron chi connectivity index (χ2n) is 10.1. The molecule has 1 N–H and O–H groups in total. The number of carbonyl (C=O) groups excluding carboxylic acids is 2. The molecule has 0 saturated heterocycles. The highest BCUT2D eigenvalue weighted by Crippen LogP contribution is 2.31. The molecule has 0 radical (unpaired) electrons. The third kappa shape index (κ3) is 8.61. The number of anilines is 1. The second kappa shape index (κ2) is 13.7. The minimum atomic E-state index is -3.67. The molecule has 1 unspecified atom stereocenters.